The van der Waals surface area contributed by atoms with E-state index in [-0.39, 0.29) is 11.9 Å². The molecule has 1 aliphatic rings. The number of anilines is 2. The van der Waals surface area contributed by atoms with Crippen molar-refractivity contribution >= 4 is 23.3 Å². The Morgan fingerprint density at radius 3 is 2.90 bits per heavy atom. The Morgan fingerprint density at radius 1 is 1.43 bits per heavy atom. The van der Waals surface area contributed by atoms with Crippen LogP contribution >= 0.6 is 0 Å². The second kappa shape index (κ2) is 6.92. The van der Waals surface area contributed by atoms with Crippen molar-refractivity contribution in [1.29, 1.82) is 0 Å². The fraction of sp³-hybridized carbons (Fsp3) is 0.375. The highest BCUT2D eigenvalue weighted by molar-refractivity contribution is 5.95. The number of carbonyl (C=O) groups excluding carboxylic acids is 2. The molecule has 3 amide bonds. The van der Waals surface area contributed by atoms with Crippen molar-refractivity contribution in [3.8, 4) is 0 Å². The van der Waals surface area contributed by atoms with E-state index in [0.29, 0.717) is 18.7 Å². The number of hydrogen-bond acceptors (Lipinski definition) is 2. The molecule has 0 saturated carbocycles. The number of nitrogens with zero attached hydrogens (tertiary/aromatic N) is 1. The number of urea groups is 1. The van der Waals surface area contributed by atoms with E-state index < -0.39 is 0 Å². The summed E-state index contributed by atoms with van der Waals surface area (Å²) in [6.07, 6.45) is 4.24. The summed E-state index contributed by atoms with van der Waals surface area (Å²) in [4.78, 5) is 25.4. The zero-order chi connectivity index (χ0) is 15.2. The zero-order valence-electron chi connectivity index (χ0n) is 12.3. The van der Waals surface area contributed by atoms with E-state index in [4.69, 9.17) is 0 Å². The molecule has 0 radical (unpaired) electrons. The van der Waals surface area contributed by atoms with Crippen molar-refractivity contribution in [1.82, 2.24) is 5.32 Å². The minimum Gasteiger partial charge on any atom is -0.334 e. The van der Waals surface area contributed by atoms with Gasteiger partial charge in [-0.25, -0.2) is 4.79 Å². The summed E-state index contributed by atoms with van der Waals surface area (Å²) < 4.78 is 0. The van der Waals surface area contributed by atoms with Crippen LogP contribution in [0.25, 0.3) is 0 Å². The van der Waals surface area contributed by atoms with Crippen LogP contribution in [0.3, 0.4) is 0 Å². The molecule has 0 aliphatic carbocycles. The van der Waals surface area contributed by atoms with E-state index in [2.05, 4.69) is 17.2 Å². The maximum Gasteiger partial charge on any atom is 0.319 e. The van der Waals surface area contributed by atoms with Crippen LogP contribution in [-0.2, 0) is 4.79 Å². The van der Waals surface area contributed by atoms with Gasteiger partial charge in [-0.15, -0.1) is 6.58 Å². The van der Waals surface area contributed by atoms with Crippen molar-refractivity contribution in [2.45, 2.75) is 26.2 Å². The summed E-state index contributed by atoms with van der Waals surface area (Å²) >= 11 is 0. The molecule has 0 bridgehead atoms. The van der Waals surface area contributed by atoms with Crippen molar-refractivity contribution in [2.75, 3.05) is 23.3 Å². The number of hydrogen-bond donors (Lipinski definition) is 2. The maximum absolute atomic E-state index is 12.0. The molecule has 21 heavy (non-hydrogen) atoms. The molecule has 0 spiro atoms. The van der Waals surface area contributed by atoms with Crippen LogP contribution in [0, 0.1) is 6.92 Å². The van der Waals surface area contributed by atoms with Gasteiger partial charge in [0.2, 0.25) is 5.91 Å². The number of carbonyl (C=O) groups is 2. The first-order chi connectivity index (χ1) is 10.1. The van der Waals surface area contributed by atoms with E-state index in [1.807, 2.05) is 30.0 Å². The average Bonchev–Trinajstić information content (AvgIpc) is 2.46. The first kappa shape index (κ1) is 15.1. The molecule has 5 heteroatoms. The quantitative estimate of drug-likeness (QED) is 0.836. The van der Waals surface area contributed by atoms with Gasteiger partial charge in [-0.1, -0.05) is 6.08 Å². The first-order valence-corrected chi connectivity index (χ1v) is 7.18. The van der Waals surface area contributed by atoms with E-state index in [9.17, 15) is 9.59 Å². The van der Waals surface area contributed by atoms with Crippen LogP contribution in [0.1, 0.15) is 24.8 Å². The maximum atomic E-state index is 12.0. The second-order valence-corrected chi connectivity index (χ2v) is 5.13. The molecular formula is C16H21N3O2. The van der Waals surface area contributed by atoms with Crippen LogP contribution in [0.2, 0.25) is 0 Å². The molecule has 2 N–H and O–H groups in total. The molecule has 0 atom stereocenters. The molecule has 1 aromatic carbocycles. The van der Waals surface area contributed by atoms with Gasteiger partial charge in [0.15, 0.2) is 0 Å². The highest BCUT2D eigenvalue weighted by Crippen LogP contribution is 2.26. The van der Waals surface area contributed by atoms with Gasteiger partial charge in [0, 0.05) is 30.9 Å². The third-order valence-corrected chi connectivity index (χ3v) is 3.48. The van der Waals surface area contributed by atoms with Crippen LogP contribution in [-0.4, -0.2) is 25.0 Å². The fourth-order valence-corrected chi connectivity index (χ4v) is 2.44. The van der Waals surface area contributed by atoms with E-state index in [1.54, 1.807) is 6.08 Å². The SMILES string of the molecule is C=CCNC(=O)Nc1ccc(N2CCCCC2=O)c(C)c1. The number of rotatable bonds is 4. The summed E-state index contributed by atoms with van der Waals surface area (Å²) in [7, 11) is 0. The van der Waals surface area contributed by atoms with Crippen molar-refractivity contribution in [3.05, 3.63) is 36.4 Å². The highest BCUT2D eigenvalue weighted by Gasteiger charge is 2.20. The number of amides is 3. The third kappa shape index (κ3) is 3.84. The monoisotopic (exact) mass is 287 g/mol. The number of aryl methyl sites for hydroxylation is 1. The predicted molar refractivity (Wildman–Crippen MR) is 84.6 cm³/mol. The average molecular weight is 287 g/mol. The molecule has 2 rings (SSSR count). The van der Waals surface area contributed by atoms with Gasteiger partial charge in [0.1, 0.15) is 0 Å². The molecule has 1 aromatic rings. The Labute approximate surface area is 125 Å². The Morgan fingerprint density at radius 2 is 2.24 bits per heavy atom. The van der Waals surface area contributed by atoms with Crippen LogP contribution in [0.4, 0.5) is 16.2 Å². The second-order valence-electron chi connectivity index (χ2n) is 5.13. The van der Waals surface area contributed by atoms with Crippen LogP contribution < -0.4 is 15.5 Å². The molecule has 0 aromatic heterocycles. The third-order valence-electron chi connectivity index (χ3n) is 3.48. The van der Waals surface area contributed by atoms with E-state index in [0.717, 1.165) is 30.6 Å². The molecule has 0 unspecified atom stereocenters. The number of nitrogens with one attached hydrogen (secondary N) is 2. The lowest BCUT2D eigenvalue weighted by molar-refractivity contribution is -0.119. The summed E-state index contributed by atoms with van der Waals surface area (Å²) in [6, 6.07) is 5.32. The molecule has 1 saturated heterocycles. The normalized spacial score (nSPS) is 14.7. The van der Waals surface area contributed by atoms with Gasteiger partial charge < -0.3 is 15.5 Å². The summed E-state index contributed by atoms with van der Waals surface area (Å²) in [6.45, 7) is 6.68. The Hall–Kier alpha value is -2.30. The highest BCUT2D eigenvalue weighted by atomic mass is 16.2. The molecule has 1 aliphatic heterocycles. The minimum atomic E-state index is -0.268. The molecule has 5 nitrogen and oxygen atoms in total. The van der Waals surface area contributed by atoms with Crippen LogP contribution in [0.15, 0.2) is 30.9 Å². The topological polar surface area (TPSA) is 61.4 Å². The lowest BCUT2D eigenvalue weighted by Gasteiger charge is -2.28. The van der Waals surface area contributed by atoms with Crippen molar-refractivity contribution in [2.24, 2.45) is 0 Å². The molecule has 1 heterocycles. The Bertz CT molecular complexity index is 554. The molecular weight excluding hydrogens is 266 g/mol. The smallest absolute Gasteiger partial charge is 0.319 e. The summed E-state index contributed by atoms with van der Waals surface area (Å²) in [5.74, 6) is 0.175. The van der Waals surface area contributed by atoms with Gasteiger partial charge in [0.05, 0.1) is 0 Å². The minimum absolute atomic E-state index is 0.175. The number of benzene rings is 1. The zero-order valence-corrected chi connectivity index (χ0v) is 12.3. The fourth-order valence-electron chi connectivity index (χ4n) is 2.44. The predicted octanol–water partition coefficient (Wildman–Crippen LogP) is 2.82. The standard InChI is InChI=1S/C16H21N3O2/c1-3-9-17-16(21)18-13-7-8-14(12(2)11-13)19-10-5-4-6-15(19)20/h3,7-8,11H,1,4-6,9-10H2,2H3,(H2,17,18,21). The van der Waals surface area contributed by atoms with E-state index >= 15 is 0 Å². The van der Waals surface area contributed by atoms with Gasteiger partial charge in [-0.2, -0.15) is 0 Å². The first-order valence-electron chi connectivity index (χ1n) is 7.18. The summed E-state index contributed by atoms with van der Waals surface area (Å²) in [5, 5.41) is 5.41. The molecule has 1 fully saturated rings. The number of piperidine rings is 1. The largest absolute Gasteiger partial charge is 0.334 e. The Kier molecular flexibility index (Phi) is 4.98. The van der Waals surface area contributed by atoms with E-state index in [1.165, 1.54) is 0 Å². The van der Waals surface area contributed by atoms with Gasteiger partial charge >= 0.3 is 6.03 Å². The van der Waals surface area contributed by atoms with Crippen molar-refractivity contribution in [3.63, 3.8) is 0 Å². The lowest BCUT2D eigenvalue weighted by Crippen LogP contribution is -2.35. The van der Waals surface area contributed by atoms with Gasteiger partial charge in [-0.3, -0.25) is 4.79 Å². The van der Waals surface area contributed by atoms with Crippen molar-refractivity contribution < 1.29 is 9.59 Å². The molecule has 112 valence electrons. The Balaban J connectivity index is 2.08. The van der Waals surface area contributed by atoms with Gasteiger partial charge in [-0.05, 0) is 43.5 Å². The van der Waals surface area contributed by atoms with Crippen LogP contribution in [0.5, 0.6) is 0 Å². The van der Waals surface area contributed by atoms with Gasteiger partial charge in [0.25, 0.3) is 0 Å². The lowest BCUT2D eigenvalue weighted by atomic mass is 10.1. The summed E-state index contributed by atoms with van der Waals surface area (Å²) in [5.41, 5.74) is 2.62.